The first-order valence-corrected chi connectivity index (χ1v) is 9.45. The smallest absolute Gasteiger partial charge is 0.342 e. The molecule has 25 heavy (non-hydrogen) atoms. The average molecular weight is 364 g/mol. The molecule has 0 unspecified atom stereocenters. The van der Waals surface area contributed by atoms with Crippen LogP contribution in [0, 0.1) is 30.9 Å². The van der Waals surface area contributed by atoms with Gasteiger partial charge in [0.25, 0.3) is 0 Å². The second kappa shape index (κ2) is 9.41. The quantitative estimate of drug-likeness (QED) is 0.363. The summed E-state index contributed by atoms with van der Waals surface area (Å²) in [5.74, 6) is 3.50. The number of hydrogen-bond donors (Lipinski definition) is 0. The first-order chi connectivity index (χ1) is 12.0. The Morgan fingerprint density at radius 3 is 2.80 bits per heavy atom. The first kappa shape index (κ1) is 19.2. The summed E-state index contributed by atoms with van der Waals surface area (Å²) in [6, 6.07) is 1.90. The molecule has 7 nitrogen and oxygen atoms in total. The molecule has 0 aliphatic heterocycles. The van der Waals surface area contributed by atoms with Gasteiger partial charge in [0.05, 0.1) is 6.61 Å². The maximum absolute atomic E-state index is 10.9. The van der Waals surface area contributed by atoms with Crippen molar-refractivity contribution in [1.29, 1.82) is 0 Å². The molecule has 0 spiro atoms. The van der Waals surface area contributed by atoms with Crippen LogP contribution in [0.4, 0.5) is 5.82 Å². The largest absolute Gasteiger partial charge is 0.493 e. The normalized spacial score (nSPS) is 10.8. The van der Waals surface area contributed by atoms with Crippen LogP contribution in [0.5, 0.6) is 5.75 Å². The maximum Gasteiger partial charge on any atom is 0.342 e. The van der Waals surface area contributed by atoms with Crippen LogP contribution in [0.3, 0.4) is 0 Å². The number of ether oxygens (including phenoxy) is 1. The van der Waals surface area contributed by atoms with Gasteiger partial charge in [-0.25, -0.2) is 9.55 Å². The topological polar surface area (TPSA) is 83.1 Å². The first-order valence-electron chi connectivity index (χ1n) is 8.30. The SMILES string of the molecule is Cc1nccc(OCCCCSCCn2c([N+](=O)[O-])cnc2C)c1C. The van der Waals surface area contributed by atoms with Gasteiger partial charge in [0.15, 0.2) is 5.82 Å². The number of rotatable bonds is 10. The van der Waals surface area contributed by atoms with Crippen LogP contribution >= 0.6 is 11.8 Å². The van der Waals surface area contributed by atoms with Crippen LogP contribution < -0.4 is 4.74 Å². The van der Waals surface area contributed by atoms with E-state index in [1.807, 2.05) is 19.9 Å². The van der Waals surface area contributed by atoms with E-state index in [-0.39, 0.29) is 10.7 Å². The van der Waals surface area contributed by atoms with Crippen LogP contribution in [0.25, 0.3) is 0 Å². The van der Waals surface area contributed by atoms with E-state index in [9.17, 15) is 10.1 Å². The second-order valence-electron chi connectivity index (χ2n) is 5.76. The summed E-state index contributed by atoms with van der Waals surface area (Å²) < 4.78 is 7.46. The molecule has 0 atom stereocenters. The van der Waals surface area contributed by atoms with E-state index in [0.29, 0.717) is 19.0 Å². The number of imidazole rings is 1. The number of aryl methyl sites for hydroxylation is 2. The van der Waals surface area contributed by atoms with E-state index in [4.69, 9.17) is 4.74 Å². The minimum absolute atomic E-state index is 0.0644. The van der Waals surface area contributed by atoms with Crippen LogP contribution in [0.15, 0.2) is 18.5 Å². The predicted octanol–water partition coefficient (Wildman–Crippen LogP) is 3.70. The molecule has 2 aromatic rings. The zero-order chi connectivity index (χ0) is 18.2. The summed E-state index contributed by atoms with van der Waals surface area (Å²) in [4.78, 5) is 18.8. The van der Waals surface area contributed by atoms with Crippen molar-refractivity contribution < 1.29 is 9.66 Å². The summed E-state index contributed by atoms with van der Waals surface area (Å²) in [6.45, 7) is 7.09. The molecular formula is C17H24N4O3S. The lowest BCUT2D eigenvalue weighted by atomic mass is 10.2. The Labute approximate surface area is 152 Å². The molecule has 0 aromatic carbocycles. The van der Waals surface area contributed by atoms with Crippen molar-refractivity contribution in [2.75, 3.05) is 18.1 Å². The fraction of sp³-hybridized carbons (Fsp3) is 0.529. The van der Waals surface area contributed by atoms with Crippen LogP contribution in [0.2, 0.25) is 0 Å². The molecule has 0 saturated heterocycles. The Kier molecular flexibility index (Phi) is 7.24. The number of thioether (sulfide) groups is 1. The molecule has 2 aromatic heterocycles. The minimum atomic E-state index is -0.384. The average Bonchev–Trinajstić information content (AvgIpc) is 2.95. The number of hydrogen-bond acceptors (Lipinski definition) is 6. The highest BCUT2D eigenvalue weighted by Crippen LogP contribution is 2.19. The molecular weight excluding hydrogens is 340 g/mol. The van der Waals surface area contributed by atoms with Crippen molar-refractivity contribution in [2.45, 2.75) is 40.2 Å². The number of aromatic nitrogens is 3. The molecule has 0 aliphatic rings. The van der Waals surface area contributed by atoms with E-state index in [1.165, 1.54) is 6.20 Å². The molecule has 0 amide bonds. The minimum Gasteiger partial charge on any atom is -0.493 e. The summed E-state index contributed by atoms with van der Waals surface area (Å²) in [7, 11) is 0. The van der Waals surface area contributed by atoms with E-state index in [2.05, 4.69) is 9.97 Å². The van der Waals surface area contributed by atoms with Gasteiger partial charge in [0, 0.05) is 30.1 Å². The van der Waals surface area contributed by atoms with E-state index in [0.717, 1.165) is 41.4 Å². The summed E-state index contributed by atoms with van der Waals surface area (Å²) in [5, 5.41) is 10.9. The molecule has 0 radical (unpaired) electrons. The van der Waals surface area contributed by atoms with Crippen LogP contribution in [-0.4, -0.2) is 37.6 Å². The number of nitro groups is 1. The van der Waals surface area contributed by atoms with Crippen molar-refractivity contribution in [3.05, 3.63) is 45.7 Å². The zero-order valence-corrected chi connectivity index (χ0v) is 15.7. The molecule has 0 fully saturated rings. The van der Waals surface area contributed by atoms with Crippen molar-refractivity contribution in [1.82, 2.24) is 14.5 Å². The number of unbranched alkanes of at least 4 members (excludes halogenated alkanes) is 1. The van der Waals surface area contributed by atoms with Gasteiger partial charge >= 0.3 is 5.82 Å². The van der Waals surface area contributed by atoms with Gasteiger partial charge in [-0.15, -0.1) is 0 Å². The van der Waals surface area contributed by atoms with Crippen molar-refractivity contribution in [2.24, 2.45) is 0 Å². The molecule has 2 rings (SSSR count). The van der Waals surface area contributed by atoms with Crippen molar-refractivity contribution in [3.63, 3.8) is 0 Å². The fourth-order valence-corrected chi connectivity index (χ4v) is 3.32. The Hall–Kier alpha value is -2.09. The number of nitrogens with zero attached hydrogens (tertiary/aromatic N) is 4. The molecule has 136 valence electrons. The van der Waals surface area contributed by atoms with Crippen molar-refractivity contribution >= 4 is 17.6 Å². The molecule has 0 bridgehead atoms. The summed E-state index contributed by atoms with van der Waals surface area (Å²) >= 11 is 1.80. The summed E-state index contributed by atoms with van der Waals surface area (Å²) in [6.07, 6.45) is 5.13. The molecule has 0 aliphatic carbocycles. The van der Waals surface area contributed by atoms with Crippen molar-refractivity contribution in [3.8, 4) is 5.75 Å². The van der Waals surface area contributed by atoms with Gasteiger partial charge in [-0.3, -0.25) is 4.98 Å². The lowest BCUT2D eigenvalue weighted by Gasteiger charge is -2.10. The third-order valence-electron chi connectivity index (χ3n) is 4.03. The third-order valence-corrected chi connectivity index (χ3v) is 5.08. The van der Waals surface area contributed by atoms with E-state index < -0.39 is 0 Å². The lowest BCUT2D eigenvalue weighted by Crippen LogP contribution is -2.07. The second-order valence-corrected chi connectivity index (χ2v) is 6.98. The number of pyridine rings is 1. The third kappa shape index (κ3) is 5.45. The molecule has 8 heteroatoms. The monoisotopic (exact) mass is 364 g/mol. The molecule has 0 N–H and O–H groups in total. The van der Waals surface area contributed by atoms with Gasteiger partial charge in [0.2, 0.25) is 0 Å². The van der Waals surface area contributed by atoms with Gasteiger partial charge in [-0.05, 0) is 43.4 Å². The molecule has 0 saturated carbocycles. The van der Waals surface area contributed by atoms with Crippen LogP contribution in [-0.2, 0) is 6.54 Å². The van der Waals surface area contributed by atoms with E-state index >= 15 is 0 Å². The fourth-order valence-electron chi connectivity index (χ4n) is 2.40. The Morgan fingerprint density at radius 2 is 2.04 bits per heavy atom. The van der Waals surface area contributed by atoms with E-state index in [1.54, 1.807) is 29.4 Å². The standard InChI is InChI=1S/C17H24N4O3S/c1-13-14(2)18-7-6-16(13)24-9-4-5-10-25-11-8-20-15(3)19-12-17(20)21(22)23/h6-7,12H,4-5,8-11H2,1-3H3. The highest BCUT2D eigenvalue weighted by atomic mass is 32.2. The van der Waals surface area contributed by atoms with Gasteiger partial charge in [-0.1, -0.05) is 0 Å². The molecule has 2 heterocycles. The van der Waals surface area contributed by atoms with Gasteiger partial charge < -0.3 is 14.9 Å². The Bertz CT molecular complexity index is 718. The van der Waals surface area contributed by atoms with Crippen LogP contribution in [0.1, 0.15) is 29.9 Å². The Morgan fingerprint density at radius 1 is 1.24 bits per heavy atom. The lowest BCUT2D eigenvalue weighted by molar-refractivity contribution is -0.392. The Balaban J connectivity index is 1.61. The maximum atomic E-state index is 10.9. The highest BCUT2D eigenvalue weighted by Gasteiger charge is 2.16. The predicted molar refractivity (Wildman–Crippen MR) is 99.4 cm³/mol. The highest BCUT2D eigenvalue weighted by molar-refractivity contribution is 7.99. The zero-order valence-electron chi connectivity index (χ0n) is 14.9. The van der Waals surface area contributed by atoms with Gasteiger partial charge in [0.1, 0.15) is 18.5 Å². The summed E-state index contributed by atoms with van der Waals surface area (Å²) in [5.41, 5.74) is 2.09. The van der Waals surface area contributed by atoms with Gasteiger partial charge in [-0.2, -0.15) is 11.8 Å².